The second-order valence-electron chi connectivity index (χ2n) is 6.23. The van der Waals surface area contributed by atoms with Crippen molar-refractivity contribution in [2.75, 3.05) is 5.32 Å². The monoisotopic (exact) mass is 362 g/mol. The highest BCUT2D eigenvalue weighted by Crippen LogP contribution is 2.22. The second-order valence-corrected chi connectivity index (χ2v) is 6.23. The number of hydrogen-bond acceptors (Lipinski definition) is 3. The van der Waals surface area contributed by atoms with E-state index in [1.165, 1.54) is 0 Å². The van der Waals surface area contributed by atoms with E-state index in [2.05, 4.69) is 34.9 Å². The van der Waals surface area contributed by atoms with E-state index in [0.717, 1.165) is 35.2 Å². The molecule has 5 heteroatoms. The molecule has 5 nitrogen and oxygen atoms in total. The summed E-state index contributed by atoms with van der Waals surface area (Å²) in [5, 5.41) is 2.92. The van der Waals surface area contributed by atoms with E-state index in [1.54, 1.807) is 19.2 Å². The van der Waals surface area contributed by atoms with Crippen LogP contribution in [0.1, 0.15) is 33.1 Å². The number of hydrogen-bond donors (Lipinski definition) is 2. The summed E-state index contributed by atoms with van der Waals surface area (Å²) in [5.74, 6) is 1.00. The Balaban J connectivity index is 2.01. The van der Waals surface area contributed by atoms with Gasteiger partial charge in [-0.05, 0) is 48.7 Å². The summed E-state index contributed by atoms with van der Waals surface area (Å²) in [5.41, 5.74) is 9.25. The van der Waals surface area contributed by atoms with Crippen LogP contribution < -0.4 is 11.1 Å². The highest BCUT2D eigenvalue weighted by Gasteiger charge is 2.05. The van der Waals surface area contributed by atoms with E-state index in [0.29, 0.717) is 18.1 Å². The number of allylic oxidation sites excluding steroid dienone is 2. The number of carbonyl (C=O) groups excluding carboxylic acids is 1. The SMILES string of the molecule is C=C/C(=C\CCC)CC(=O)Nc1ccc(-c2ccc(N=C(C)N)nc2)cc1. The van der Waals surface area contributed by atoms with Crippen LogP contribution in [0.5, 0.6) is 0 Å². The topological polar surface area (TPSA) is 80.4 Å². The number of nitrogens with zero attached hydrogens (tertiary/aromatic N) is 2. The van der Waals surface area contributed by atoms with Crippen molar-refractivity contribution in [2.45, 2.75) is 33.1 Å². The number of nitrogens with two attached hydrogens (primary N) is 1. The summed E-state index contributed by atoms with van der Waals surface area (Å²) in [6.07, 6.45) is 7.89. The Hall–Kier alpha value is -3.21. The quantitative estimate of drug-likeness (QED) is 0.394. The van der Waals surface area contributed by atoms with Gasteiger partial charge in [-0.25, -0.2) is 9.98 Å². The highest BCUT2D eigenvalue weighted by molar-refractivity contribution is 5.92. The van der Waals surface area contributed by atoms with Gasteiger partial charge in [0, 0.05) is 17.4 Å². The van der Waals surface area contributed by atoms with Crippen molar-refractivity contribution < 1.29 is 4.79 Å². The van der Waals surface area contributed by atoms with Crippen LogP contribution in [0.25, 0.3) is 11.1 Å². The maximum atomic E-state index is 12.2. The highest BCUT2D eigenvalue weighted by atomic mass is 16.1. The molecule has 0 atom stereocenters. The molecule has 2 aromatic rings. The molecule has 0 aliphatic heterocycles. The van der Waals surface area contributed by atoms with Crippen LogP contribution in [0, 0.1) is 0 Å². The number of rotatable bonds is 8. The fraction of sp³-hybridized carbons (Fsp3) is 0.227. The summed E-state index contributed by atoms with van der Waals surface area (Å²) >= 11 is 0. The number of pyridine rings is 1. The molecule has 140 valence electrons. The summed E-state index contributed by atoms with van der Waals surface area (Å²) in [4.78, 5) is 20.6. The molecule has 2 rings (SSSR count). The average molecular weight is 362 g/mol. The molecule has 0 bridgehead atoms. The molecule has 0 spiro atoms. The van der Waals surface area contributed by atoms with Gasteiger partial charge in [0.2, 0.25) is 5.91 Å². The molecular weight excluding hydrogens is 336 g/mol. The van der Waals surface area contributed by atoms with E-state index in [-0.39, 0.29) is 5.91 Å². The first-order valence-electron chi connectivity index (χ1n) is 9.00. The van der Waals surface area contributed by atoms with E-state index in [9.17, 15) is 4.79 Å². The number of anilines is 1. The van der Waals surface area contributed by atoms with Gasteiger partial charge in [-0.1, -0.05) is 44.2 Å². The minimum absolute atomic E-state index is 0.0500. The Bertz CT molecular complexity index is 830. The van der Waals surface area contributed by atoms with Crippen molar-refractivity contribution in [3.8, 4) is 11.1 Å². The molecular formula is C22H26N4O. The van der Waals surface area contributed by atoms with Crippen LogP contribution in [0.4, 0.5) is 11.5 Å². The lowest BCUT2D eigenvalue weighted by atomic mass is 10.1. The first-order valence-corrected chi connectivity index (χ1v) is 9.00. The van der Waals surface area contributed by atoms with Crippen LogP contribution in [-0.4, -0.2) is 16.7 Å². The van der Waals surface area contributed by atoms with Gasteiger partial charge >= 0.3 is 0 Å². The number of nitrogens with one attached hydrogen (secondary N) is 1. The average Bonchev–Trinajstić information content (AvgIpc) is 2.66. The third-order valence-corrected chi connectivity index (χ3v) is 3.86. The fourth-order valence-electron chi connectivity index (χ4n) is 2.50. The molecule has 0 radical (unpaired) electrons. The Labute approximate surface area is 160 Å². The third-order valence-electron chi connectivity index (χ3n) is 3.86. The predicted octanol–water partition coefficient (Wildman–Crippen LogP) is 5.00. The Kier molecular flexibility index (Phi) is 7.49. The number of carbonyl (C=O) groups is 1. The van der Waals surface area contributed by atoms with Gasteiger partial charge in [0.25, 0.3) is 0 Å². The van der Waals surface area contributed by atoms with E-state index in [4.69, 9.17) is 5.73 Å². The van der Waals surface area contributed by atoms with Gasteiger partial charge in [0.1, 0.15) is 0 Å². The van der Waals surface area contributed by atoms with Crippen molar-refractivity contribution in [1.29, 1.82) is 0 Å². The zero-order valence-corrected chi connectivity index (χ0v) is 15.9. The Morgan fingerprint density at radius 3 is 2.48 bits per heavy atom. The number of amides is 1. The van der Waals surface area contributed by atoms with Gasteiger partial charge in [0.15, 0.2) is 5.82 Å². The maximum absolute atomic E-state index is 12.2. The van der Waals surface area contributed by atoms with Crippen LogP contribution in [0.3, 0.4) is 0 Å². The zero-order chi connectivity index (χ0) is 19.6. The van der Waals surface area contributed by atoms with Gasteiger partial charge in [0.05, 0.1) is 12.3 Å². The minimum Gasteiger partial charge on any atom is -0.387 e. The molecule has 0 unspecified atom stereocenters. The first kappa shape index (κ1) is 20.1. The maximum Gasteiger partial charge on any atom is 0.228 e. The van der Waals surface area contributed by atoms with Crippen molar-refractivity contribution in [3.63, 3.8) is 0 Å². The molecule has 0 saturated heterocycles. The van der Waals surface area contributed by atoms with E-state index in [1.807, 2.05) is 36.4 Å². The molecule has 0 saturated carbocycles. The van der Waals surface area contributed by atoms with Gasteiger partial charge in [-0.15, -0.1) is 0 Å². The standard InChI is InChI=1S/C22H26N4O/c1-4-6-7-17(5-2)14-22(27)26-20-11-8-18(9-12-20)19-10-13-21(24-15-19)25-16(3)23/h5,7-13,15H,2,4,6,14H2,1,3H3,(H,26,27)(H2,23,24,25)/b17-7+. The first-order chi connectivity index (χ1) is 13.0. The minimum atomic E-state index is -0.0500. The molecule has 1 aromatic carbocycles. The summed E-state index contributed by atoms with van der Waals surface area (Å²) in [7, 11) is 0. The molecule has 1 amide bonds. The Morgan fingerprint density at radius 2 is 1.93 bits per heavy atom. The molecule has 0 aliphatic carbocycles. The van der Waals surface area contributed by atoms with E-state index >= 15 is 0 Å². The number of aliphatic imine (C=N–C) groups is 1. The fourth-order valence-corrected chi connectivity index (χ4v) is 2.50. The smallest absolute Gasteiger partial charge is 0.228 e. The van der Waals surface area contributed by atoms with Crippen LogP contribution in [0.2, 0.25) is 0 Å². The predicted molar refractivity (Wildman–Crippen MR) is 113 cm³/mol. The van der Waals surface area contributed by atoms with Gasteiger partial charge in [-0.3, -0.25) is 4.79 Å². The van der Waals surface area contributed by atoms with Crippen molar-refractivity contribution in [1.82, 2.24) is 4.98 Å². The summed E-state index contributed by atoms with van der Waals surface area (Å²) in [6.45, 7) is 7.60. The van der Waals surface area contributed by atoms with Crippen LogP contribution in [0.15, 0.2) is 71.9 Å². The largest absolute Gasteiger partial charge is 0.387 e. The third kappa shape index (κ3) is 6.55. The molecule has 1 aromatic heterocycles. The lowest BCUT2D eigenvalue weighted by Gasteiger charge is -2.08. The van der Waals surface area contributed by atoms with Crippen molar-refractivity contribution >= 4 is 23.2 Å². The summed E-state index contributed by atoms with van der Waals surface area (Å²) in [6, 6.07) is 11.4. The number of amidine groups is 1. The lowest BCUT2D eigenvalue weighted by Crippen LogP contribution is -2.11. The summed E-state index contributed by atoms with van der Waals surface area (Å²) < 4.78 is 0. The van der Waals surface area contributed by atoms with E-state index < -0.39 is 0 Å². The number of aromatic nitrogens is 1. The number of unbranched alkanes of at least 4 members (excludes halogenated alkanes) is 1. The molecule has 27 heavy (non-hydrogen) atoms. The van der Waals surface area contributed by atoms with Crippen molar-refractivity contribution in [3.05, 3.63) is 66.9 Å². The number of benzene rings is 1. The zero-order valence-electron chi connectivity index (χ0n) is 15.9. The van der Waals surface area contributed by atoms with Crippen LogP contribution in [-0.2, 0) is 4.79 Å². The molecule has 1 heterocycles. The van der Waals surface area contributed by atoms with Crippen molar-refractivity contribution in [2.24, 2.45) is 10.7 Å². The van der Waals surface area contributed by atoms with Gasteiger partial charge < -0.3 is 11.1 Å². The Morgan fingerprint density at radius 1 is 1.22 bits per heavy atom. The van der Waals surface area contributed by atoms with Crippen LogP contribution >= 0.6 is 0 Å². The normalized spacial score (nSPS) is 11.9. The second kappa shape index (κ2) is 10.1. The van der Waals surface area contributed by atoms with Gasteiger partial charge in [-0.2, -0.15) is 0 Å². The molecule has 0 aliphatic rings. The lowest BCUT2D eigenvalue weighted by molar-refractivity contribution is -0.115. The molecule has 0 fully saturated rings. The molecule has 3 N–H and O–H groups in total.